The van der Waals surface area contributed by atoms with Crippen LogP contribution in [0.3, 0.4) is 0 Å². The Balaban J connectivity index is 2.16. The first-order valence-corrected chi connectivity index (χ1v) is 6.39. The average molecular weight is 293 g/mol. The molecule has 2 aromatic rings. The highest BCUT2D eigenvalue weighted by Crippen LogP contribution is 2.23. The van der Waals surface area contributed by atoms with Crippen molar-refractivity contribution < 1.29 is 23.4 Å². The molecular weight excluding hydrogens is 277 g/mol. The van der Waals surface area contributed by atoms with Gasteiger partial charge in [-0.15, -0.1) is 0 Å². The minimum atomic E-state index is -1.30. The van der Waals surface area contributed by atoms with Crippen LogP contribution in [0, 0.1) is 12.7 Å². The molecule has 6 heteroatoms. The fourth-order valence-electron chi connectivity index (χ4n) is 1.59. The van der Waals surface area contributed by atoms with Crippen LogP contribution in [0.1, 0.15) is 25.3 Å². The Labute approximate surface area is 121 Å². The Morgan fingerprint density at radius 1 is 1.38 bits per heavy atom. The molecule has 0 atom stereocenters. The summed E-state index contributed by atoms with van der Waals surface area (Å²) in [5, 5.41) is 8.99. The van der Waals surface area contributed by atoms with Crippen molar-refractivity contribution >= 4 is 5.97 Å². The van der Waals surface area contributed by atoms with Gasteiger partial charge in [0.25, 0.3) is 0 Å². The van der Waals surface area contributed by atoms with Crippen molar-refractivity contribution in [2.24, 2.45) is 0 Å². The standard InChI is InChI=1S/C15H16FNO4/c1-9-12(8-20-15(2,3)14(18)19)17-13(21-9)10-4-6-11(16)7-5-10/h4-7H,8H2,1-3H3,(H,18,19). The molecule has 1 aromatic heterocycles. The average Bonchev–Trinajstić information content (AvgIpc) is 2.78. The van der Waals surface area contributed by atoms with Gasteiger partial charge in [-0.1, -0.05) is 0 Å². The Kier molecular flexibility index (Phi) is 4.09. The summed E-state index contributed by atoms with van der Waals surface area (Å²) >= 11 is 0. The molecule has 0 aliphatic heterocycles. The summed E-state index contributed by atoms with van der Waals surface area (Å²) in [7, 11) is 0. The number of halogens is 1. The molecule has 0 saturated heterocycles. The van der Waals surface area contributed by atoms with Gasteiger partial charge in [-0.05, 0) is 45.0 Å². The molecule has 0 spiro atoms. The van der Waals surface area contributed by atoms with Gasteiger partial charge in [0.15, 0.2) is 5.60 Å². The summed E-state index contributed by atoms with van der Waals surface area (Å²) in [6.45, 7) is 4.67. The first kappa shape index (κ1) is 15.2. The molecule has 2 rings (SSSR count). The largest absolute Gasteiger partial charge is 0.479 e. The lowest BCUT2D eigenvalue weighted by Crippen LogP contribution is -2.34. The summed E-state index contributed by atoms with van der Waals surface area (Å²) in [6.07, 6.45) is 0. The Morgan fingerprint density at radius 2 is 2.00 bits per heavy atom. The maximum absolute atomic E-state index is 12.9. The zero-order valence-corrected chi connectivity index (χ0v) is 12.0. The lowest BCUT2D eigenvalue weighted by Gasteiger charge is -2.19. The molecule has 5 nitrogen and oxygen atoms in total. The molecule has 0 aliphatic carbocycles. The number of aliphatic carboxylic acids is 1. The Bertz CT molecular complexity index is 646. The molecule has 0 fully saturated rings. The number of carbonyl (C=O) groups is 1. The summed E-state index contributed by atoms with van der Waals surface area (Å²) in [4.78, 5) is 15.2. The van der Waals surface area contributed by atoms with Crippen LogP contribution in [0.5, 0.6) is 0 Å². The van der Waals surface area contributed by atoms with Crippen molar-refractivity contribution in [2.75, 3.05) is 0 Å². The number of hydrogen-bond donors (Lipinski definition) is 1. The highest BCUT2D eigenvalue weighted by atomic mass is 19.1. The van der Waals surface area contributed by atoms with Crippen LogP contribution < -0.4 is 0 Å². The quantitative estimate of drug-likeness (QED) is 0.916. The van der Waals surface area contributed by atoms with Gasteiger partial charge in [0.05, 0.1) is 6.61 Å². The van der Waals surface area contributed by atoms with Crippen LogP contribution in [0.25, 0.3) is 11.5 Å². The van der Waals surface area contributed by atoms with E-state index in [1.54, 1.807) is 19.1 Å². The lowest BCUT2D eigenvalue weighted by molar-refractivity contribution is -0.162. The van der Waals surface area contributed by atoms with Gasteiger partial charge in [0.2, 0.25) is 5.89 Å². The van der Waals surface area contributed by atoms with E-state index in [2.05, 4.69) is 4.98 Å². The normalized spacial score (nSPS) is 11.6. The first-order valence-electron chi connectivity index (χ1n) is 6.39. The predicted molar refractivity (Wildman–Crippen MR) is 73.1 cm³/mol. The molecule has 1 heterocycles. The maximum atomic E-state index is 12.9. The van der Waals surface area contributed by atoms with E-state index in [4.69, 9.17) is 14.3 Å². The van der Waals surface area contributed by atoms with Crippen LogP contribution in [-0.4, -0.2) is 21.7 Å². The highest BCUT2D eigenvalue weighted by Gasteiger charge is 2.28. The second kappa shape index (κ2) is 5.65. The number of ether oxygens (including phenoxy) is 1. The van der Waals surface area contributed by atoms with Gasteiger partial charge in [-0.2, -0.15) is 0 Å². The number of carboxylic acid groups (broad SMARTS) is 1. The fourth-order valence-corrected chi connectivity index (χ4v) is 1.59. The third-order valence-corrected chi connectivity index (χ3v) is 3.07. The molecule has 0 amide bonds. The van der Waals surface area contributed by atoms with Crippen molar-refractivity contribution in [3.8, 4) is 11.5 Å². The van der Waals surface area contributed by atoms with Crippen LogP contribution in [0.15, 0.2) is 28.7 Å². The minimum Gasteiger partial charge on any atom is -0.479 e. The molecule has 0 unspecified atom stereocenters. The minimum absolute atomic E-state index is 0.0236. The summed E-state index contributed by atoms with van der Waals surface area (Å²) in [5.74, 6) is -0.508. The van der Waals surface area contributed by atoms with E-state index in [1.165, 1.54) is 26.0 Å². The number of hydrogen-bond acceptors (Lipinski definition) is 4. The van der Waals surface area contributed by atoms with Crippen LogP contribution in [-0.2, 0) is 16.1 Å². The second-order valence-corrected chi connectivity index (χ2v) is 5.13. The van der Waals surface area contributed by atoms with Crippen molar-refractivity contribution in [3.63, 3.8) is 0 Å². The van der Waals surface area contributed by atoms with E-state index < -0.39 is 11.6 Å². The van der Waals surface area contributed by atoms with E-state index in [0.29, 0.717) is 22.9 Å². The van der Waals surface area contributed by atoms with E-state index in [-0.39, 0.29) is 12.4 Å². The number of benzene rings is 1. The van der Waals surface area contributed by atoms with Crippen molar-refractivity contribution in [1.82, 2.24) is 4.98 Å². The van der Waals surface area contributed by atoms with Gasteiger partial charge >= 0.3 is 5.97 Å². The SMILES string of the molecule is Cc1oc(-c2ccc(F)cc2)nc1COC(C)(C)C(=O)O. The molecule has 0 radical (unpaired) electrons. The Morgan fingerprint density at radius 3 is 2.57 bits per heavy atom. The van der Waals surface area contributed by atoms with Crippen LogP contribution in [0.4, 0.5) is 4.39 Å². The summed E-state index contributed by atoms with van der Waals surface area (Å²) in [6, 6.07) is 5.76. The third-order valence-electron chi connectivity index (χ3n) is 3.07. The predicted octanol–water partition coefficient (Wildman–Crippen LogP) is 3.17. The van der Waals surface area contributed by atoms with Gasteiger partial charge in [-0.25, -0.2) is 14.2 Å². The zero-order chi connectivity index (χ0) is 15.6. The topological polar surface area (TPSA) is 72.6 Å². The molecule has 0 bridgehead atoms. The molecule has 0 saturated carbocycles. The van der Waals surface area contributed by atoms with Crippen LogP contribution >= 0.6 is 0 Å². The maximum Gasteiger partial charge on any atom is 0.335 e. The van der Waals surface area contributed by atoms with Gasteiger partial charge < -0.3 is 14.3 Å². The van der Waals surface area contributed by atoms with E-state index in [9.17, 15) is 9.18 Å². The number of nitrogens with zero attached hydrogens (tertiary/aromatic N) is 1. The van der Waals surface area contributed by atoms with Crippen LogP contribution in [0.2, 0.25) is 0 Å². The van der Waals surface area contributed by atoms with Gasteiger partial charge in [0, 0.05) is 5.56 Å². The lowest BCUT2D eigenvalue weighted by atomic mass is 10.1. The molecular formula is C15H16FNO4. The van der Waals surface area contributed by atoms with Crippen molar-refractivity contribution in [2.45, 2.75) is 33.0 Å². The number of oxazole rings is 1. The fraction of sp³-hybridized carbons (Fsp3) is 0.333. The van der Waals surface area contributed by atoms with Gasteiger partial charge in [-0.3, -0.25) is 0 Å². The number of aromatic nitrogens is 1. The monoisotopic (exact) mass is 293 g/mol. The number of carboxylic acids is 1. The van der Waals surface area contributed by atoms with E-state index in [1.807, 2.05) is 0 Å². The third kappa shape index (κ3) is 3.46. The smallest absolute Gasteiger partial charge is 0.335 e. The summed E-state index contributed by atoms with van der Waals surface area (Å²) < 4.78 is 23.7. The molecule has 1 aromatic carbocycles. The molecule has 21 heavy (non-hydrogen) atoms. The highest BCUT2D eigenvalue weighted by molar-refractivity contribution is 5.76. The first-order chi connectivity index (χ1) is 9.79. The molecule has 0 aliphatic rings. The summed E-state index contributed by atoms with van der Waals surface area (Å²) in [5.41, 5.74) is -0.145. The number of rotatable bonds is 5. The van der Waals surface area contributed by atoms with E-state index in [0.717, 1.165) is 0 Å². The molecule has 112 valence electrons. The zero-order valence-electron chi connectivity index (χ0n) is 12.0. The van der Waals surface area contributed by atoms with Gasteiger partial charge in [0.1, 0.15) is 17.3 Å². The Hall–Kier alpha value is -2.21. The number of aryl methyl sites for hydroxylation is 1. The molecule has 1 N–H and O–H groups in total. The van der Waals surface area contributed by atoms with Crippen molar-refractivity contribution in [1.29, 1.82) is 0 Å². The van der Waals surface area contributed by atoms with E-state index >= 15 is 0 Å². The second-order valence-electron chi connectivity index (χ2n) is 5.13. The van der Waals surface area contributed by atoms with Crippen molar-refractivity contribution in [3.05, 3.63) is 41.5 Å².